The van der Waals surface area contributed by atoms with E-state index in [0.717, 1.165) is 16.8 Å². The van der Waals surface area contributed by atoms with Crippen LogP contribution in [0.1, 0.15) is 16.7 Å². The van der Waals surface area contributed by atoms with Gasteiger partial charge in [0.2, 0.25) is 0 Å². The molecule has 0 unspecified atom stereocenters. The molecule has 2 rings (SSSR count). The Balaban J connectivity index is 2.46. The minimum atomic E-state index is 0.663. The lowest BCUT2D eigenvalue weighted by Gasteiger charge is -2.16. The van der Waals surface area contributed by atoms with Crippen molar-refractivity contribution in [2.75, 3.05) is 19.5 Å². The minimum Gasteiger partial charge on any atom is -0.493 e. The zero-order chi connectivity index (χ0) is 16.8. The number of rotatable bonds is 5. The lowest BCUT2D eigenvalue weighted by molar-refractivity contribution is 0.354. The number of benzene rings is 2. The summed E-state index contributed by atoms with van der Waals surface area (Å²) in [4.78, 5) is 4.38. The number of hydrogen-bond donors (Lipinski definition) is 1. The molecule has 23 heavy (non-hydrogen) atoms. The van der Waals surface area contributed by atoms with Crippen LogP contribution in [0, 0.1) is 13.8 Å². The van der Waals surface area contributed by atoms with Crippen LogP contribution in [-0.4, -0.2) is 20.1 Å². The highest BCUT2D eigenvalue weighted by Gasteiger charge is 2.13. The van der Waals surface area contributed by atoms with Crippen LogP contribution < -0.4 is 14.8 Å². The van der Waals surface area contributed by atoms with E-state index in [1.165, 1.54) is 11.8 Å². The molecule has 2 aromatic carbocycles. The molecular formula is C19H22N2O2. The normalized spacial score (nSPS) is 11.0. The van der Waals surface area contributed by atoms with Gasteiger partial charge in [-0.3, -0.25) is 0 Å². The molecule has 1 N–H and O–H groups in total. The first kappa shape index (κ1) is 16.6. The standard InChI is InChI=1S/C19H22N2O2/c1-6-20-19(21-15-9-7-8-13(2)10-15)16-12-18(23-5)17(22-4)11-14(16)3/h6-12H,1H2,2-5H3,(H,20,21). The number of amidine groups is 1. The second kappa shape index (κ2) is 7.49. The molecule has 0 fully saturated rings. The van der Waals surface area contributed by atoms with Gasteiger partial charge < -0.3 is 14.8 Å². The molecule has 0 aromatic heterocycles. The number of ether oxygens (including phenoxy) is 2. The Morgan fingerprint density at radius 2 is 1.78 bits per heavy atom. The molecule has 0 aliphatic rings. The summed E-state index contributed by atoms with van der Waals surface area (Å²) >= 11 is 0. The molecule has 4 heteroatoms. The van der Waals surface area contributed by atoms with Crippen molar-refractivity contribution in [2.24, 2.45) is 4.99 Å². The maximum absolute atomic E-state index is 5.40. The fourth-order valence-electron chi connectivity index (χ4n) is 2.36. The zero-order valence-corrected chi connectivity index (χ0v) is 14.0. The van der Waals surface area contributed by atoms with Gasteiger partial charge in [-0.1, -0.05) is 18.7 Å². The zero-order valence-electron chi connectivity index (χ0n) is 14.0. The van der Waals surface area contributed by atoms with Crippen LogP contribution in [0.5, 0.6) is 11.5 Å². The van der Waals surface area contributed by atoms with Gasteiger partial charge in [0.1, 0.15) is 5.84 Å². The van der Waals surface area contributed by atoms with Gasteiger partial charge in [-0.05, 0) is 49.2 Å². The van der Waals surface area contributed by atoms with E-state index in [4.69, 9.17) is 9.47 Å². The topological polar surface area (TPSA) is 42.9 Å². The molecular weight excluding hydrogens is 288 g/mol. The monoisotopic (exact) mass is 310 g/mol. The Morgan fingerprint density at radius 1 is 1.09 bits per heavy atom. The van der Waals surface area contributed by atoms with E-state index in [9.17, 15) is 0 Å². The second-order valence-corrected chi connectivity index (χ2v) is 5.18. The van der Waals surface area contributed by atoms with Crippen LogP contribution in [0.3, 0.4) is 0 Å². The number of nitrogens with one attached hydrogen (secondary N) is 1. The van der Waals surface area contributed by atoms with Crippen molar-refractivity contribution < 1.29 is 9.47 Å². The Kier molecular flexibility index (Phi) is 5.41. The van der Waals surface area contributed by atoms with E-state index in [1.54, 1.807) is 14.2 Å². The summed E-state index contributed by atoms with van der Waals surface area (Å²) in [7, 11) is 3.25. The van der Waals surface area contributed by atoms with Crippen molar-refractivity contribution in [1.29, 1.82) is 0 Å². The summed E-state index contributed by atoms with van der Waals surface area (Å²) in [6, 6.07) is 12.0. The Hall–Kier alpha value is -2.75. The quantitative estimate of drug-likeness (QED) is 0.660. The van der Waals surface area contributed by atoms with Gasteiger partial charge in [0.15, 0.2) is 11.5 Å². The fourth-order valence-corrected chi connectivity index (χ4v) is 2.36. The van der Waals surface area contributed by atoms with Crippen LogP contribution in [0.15, 0.2) is 54.2 Å². The first-order chi connectivity index (χ1) is 11.1. The molecule has 0 bridgehead atoms. The van der Waals surface area contributed by atoms with Crippen molar-refractivity contribution in [3.8, 4) is 11.5 Å². The van der Waals surface area contributed by atoms with Crippen LogP contribution in [0.4, 0.5) is 5.69 Å². The average Bonchev–Trinajstić information content (AvgIpc) is 2.54. The smallest absolute Gasteiger partial charge is 0.161 e. The molecule has 0 saturated heterocycles. The summed E-state index contributed by atoms with van der Waals surface area (Å²) in [5.74, 6) is 2.07. The maximum Gasteiger partial charge on any atom is 0.161 e. The minimum absolute atomic E-state index is 0.663. The third-order valence-electron chi connectivity index (χ3n) is 3.49. The largest absolute Gasteiger partial charge is 0.493 e. The predicted molar refractivity (Wildman–Crippen MR) is 95.8 cm³/mol. The van der Waals surface area contributed by atoms with Gasteiger partial charge in [-0.2, -0.15) is 0 Å². The van der Waals surface area contributed by atoms with Crippen molar-refractivity contribution in [3.05, 3.63) is 65.9 Å². The van der Waals surface area contributed by atoms with Crippen molar-refractivity contribution >= 4 is 11.5 Å². The maximum atomic E-state index is 5.40. The van der Waals surface area contributed by atoms with Gasteiger partial charge in [0.05, 0.1) is 14.2 Å². The third kappa shape index (κ3) is 3.92. The number of aliphatic imine (C=N–C) groups is 1. The first-order valence-corrected chi connectivity index (χ1v) is 7.34. The molecule has 2 aromatic rings. The highest BCUT2D eigenvalue weighted by Crippen LogP contribution is 2.30. The number of nitrogens with zero attached hydrogens (tertiary/aromatic N) is 1. The van der Waals surface area contributed by atoms with E-state index < -0.39 is 0 Å². The molecule has 0 aliphatic heterocycles. The Labute approximate surface area is 137 Å². The molecule has 0 heterocycles. The average molecular weight is 310 g/mol. The summed E-state index contributed by atoms with van der Waals surface area (Å²) in [6.45, 7) is 7.77. The van der Waals surface area contributed by atoms with E-state index in [1.807, 2.05) is 31.2 Å². The SMILES string of the molecule is C=CN=C(Nc1cccc(C)c1)c1cc(OC)c(OC)cc1C. The van der Waals surface area contributed by atoms with Gasteiger partial charge >= 0.3 is 0 Å². The van der Waals surface area contributed by atoms with E-state index in [-0.39, 0.29) is 0 Å². The van der Waals surface area contributed by atoms with Gasteiger partial charge in [0, 0.05) is 17.5 Å². The molecule has 0 amide bonds. The third-order valence-corrected chi connectivity index (χ3v) is 3.49. The van der Waals surface area contributed by atoms with Crippen LogP contribution in [0.25, 0.3) is 0 Å². The van der Waals surface area contributed by atoms with Gasteiger partial charge in [-0.25, -0.2) is 4.99 Å². The number of anilines is 1. The summed E-state index contributed by atoms with van der Waals surface area (Å²) in [5, 5.41) is 3.35. The molecule has 120 valence electrons. The molecule has 0 atom stereocenters. The number of methoxy groups -OCH3 is 2. The Bertz CT molecular complexity index is 736. The first-order valence-electron chi connectivity index (χ1n) is 7.34. The van der Waals surface area contributed by atoms with E-state index in [0.29, 0.717) is 17.3 Å². The van der Waals surface area contributed by atoms with Crippen molar-refractivity contribution in [1.82, 2.24) is 0 Å². The lowest BCUT2D eigenvalue weighted by Crippen LogP contribution is -2.15. The fraction of sp³-hybridized carbons (Fsp3) is 0.211. The van der Waals surface area contributed by atoms with Crippen LogP contribution in [-0.2, 0) is 0 Å². The van der Waals surface area contributed by atoms with Gasteiger partial charge in [0.25, 0.3) is 0 Å². The van der Waals surface area contributed by atoms with E-state index >= 15 is 0 Å². The lowest BCUT2D eigenvalue weighted by atomic mass is 10.1. The highest BCUT2D eigenvalue weighted by molar-refractivity contribution is 6.09. The van der Waals surface area contributed by atoms with Crippen LogP contribution in [0.2, 0.25) is 0 Å². The molecule has 0 radical (unpaired) electrons. The van der Waals surface area contributed by atoms with E-state index in [2.05, 4.69) is 35.9 Å². The summed E-state index contributed by atoms with van der Waals surface area (Å²) < 4.78 is 10.7. The van der Waals surface area contributed by atoms with Crippen molar-refractivity contribution in [2.45, 2.75) is 13.8 Å². The number of aryl methyl sites for hydroxylation is 2. The second-order valence-electron chi connectivity index (χ2n) is 5.18. The molecule has 0 spiro atoms. The van der Waals surface area contributed by atoms with Crippen molar-refractivity contribution in [3.63, 3.8) is 0 Å². The molecule has 0 aliphatic carbocycles. The summed E-state index contributed by atoms with van der Waals surface area (Å²) in [5.41, 5.74) is 4.12. The Morgan fingerprint density at radius 3 is 2.39 bits per heavy atom. The predicted octanol–water partition coefficient (Wildman–Crippen LogP) is 4.32. The van der Waals surface area contributed by atoms with Crippen LogP contribution >= 0.6 is 0 Å². The van der Waals surface area contributed by atoms with Gasteiger partial charge in [-0.15, -0.1) is 0 Å². The highest BCUT2D eigenvalue weighted by atomic mass is 16.5. The summed E-state index contributed by atoms with van der Waals surface area (Å²) in [6.07, 6.45) is 1.52. The number of hydrogen-bond acceptors (Lipinski definition) is 3. The molecule has 4 nitrogen and oxygen atoms in total. The molecule has 0 saturated carbocycles.